The molecule has 3 heteroatoms. The highest BCUT2D eigenvalue weighted by molar-refractivity contribution is 5.68. The van der Waals surface area contributed by atoms with E-state index in [9.17, 15) is 4.79 Å². The number of furan rings is 1. The monoisotopic (exact) mass is 208 g/mol. The van der Waals surface area contributed by atoms with Gasteiger partial charge in [0.1, 0.15) is 5.76 Å². The zero-order valence-corrected chi connectivity index (χ0v) is 9.12. The van der Waals surface area contributed by atoms with Crippen LogP contribution < -0.4 is 0 Å². The number of carbonyl (C=O) groups is 1. The Hall–Kier alpha value is -1.25. The molecule has 1 aromatic rings. The van der Waals surface area contributed by atoms with E-state index in [1.807, 2.05) is 6.07 Å². The van der Waals surface area contributed by atoms with Crippen molar-refractivity contribution < 1.29 is 14.3 Å². The van der Waals surface area contributed by atoms with Crippen LogP contribution in [0.3, 0.4) is 0 Å². The normalized spacial score (nSPS) is 23.5. The van der Waals surface area contributed by atoms with E-state index in [0.717, 1.165) is 24.2 Å². The van der Waals surface area contributed by atoms with Crippen LogP contribution in [-0.4, -0.2) is 11.1 Å². The highest BCUT2D eigenvalue weighted by Gasteiger charge is 2.38. The summed E-state index contributed by atoms with van der Waals surface area (Å²) in [5, 5.41) is 8.93. The van der Waals surface area contributed by atoms with Gasteiger partial charge in [-0.05, 0) is 23.5 Å². The summed E-state index contributed by atoms with van der Waals surface area (Å²) in [6, 6.07) is 1.92. The first kappa shape index (κ1) is 10.3. The summed E-state index contributed by atoms with van der Waals surface area (Å²) in [5.41, 5.74) is 1.14. The molecule has 0 amide bonds. The molecule has 0 saturated heterocycles. The van der Waals surface area contributed by atoms with Crippen LogP contribution in [-0.2, 0) is 11.2 Å². The van der Waals surface area contributed by atoms with Crippen LogP contribution in [0.5, 0.6) is 0 Å². The molecule has 0 bridgehead atoms. The fourth-order valence-corrected chi connectivity index (χ4v) is 2.46. The van der Waals surface area contributed by atoms with Crippen molar-refractivity contribution in [2.45, 2.75) is 39.0 Å². The maximum atomic E-state index is 10.9. The number of carboxylic acid groups (broad SMARTS) is 1. The van der Waals surface area contributed by atoms with E-state index >= 15 is 0 Å². The molecule has 2 rings (SSSR count). The fourth-order valence-electron chi connectivity index (χ4n) is 2.46. The molecule has 0 aliphatic heterocycles. The Labute approximate surface area is 89.1 Å². The minimum atomic E-state index is -0.734. The van der Waals surface area contributed by atoms with Crippen molar-refractivity contribution in [2.75, 3.05) is 0 Å². The Morgan fingerprint density at radius 2 is 2.40 bits per heavy atom. The topological polar surface area (TPSA) is 50.4 Å². The molecule has 0 spiro atoms. The molecule has 1 N–H and O–H groups in total. The van der Waals surface area contributed by atoms with E-state index < -0.39 is 5.97 Å². The number of aliphatic carboxylic acids is 1. The second kappa shape index (κ2) is 3.40. The third-order valence-electron chi connectivity index (χ3n) is 3.47. The number of fused-ring (bicyclic) bond motifs is 1. The smallest absolute Gasteiger partial charge is 0.303 e. The first-order valence-electron chi connectivity index (χ1n) is 5.29. The van der Waals surface area contributed by atoms with E-state index in [1.54, 1.807) is 6.26 Å². The minimum Gasteiger partial charge on any atom is -0.481 e. The number of aryl methyl sites for hydroxylation is 1. The van der Waals surface area contributed by atoms with Gasteiger partial charge in [-0.15, -0.1) is 0 Å². The van der Waals surface area contributed by atoms with Gasteiger partial charge in [-0.3, -0.25) is 4.79 Å². The third kappa shape index (κ3) is 1.78. The lowest BCUT2D eigenvalue weighted by atomic mass is 9.67. The minimum absolute atomic E-state index is 0.0509. The average Bonchev–Trinajstić information content (AvgIpc) is 2.57. The molecule has 1 unspecified atom stereocenters. The van der Waals surface area contributed by atoms with Crippen molar-refractivity contribution in [2.24, 2.45) is 5.41 Å². The molecule has 0 saturated carbocycles. The van der Waals surface area contributed by atoms with Gasteiger partial charge in [0.15, 0.2) is 0 Å². The molecule has 1 aliphatic carbocycles. The highest BCUT2D eigenvalue weighted by atomic mass is 16.4. The second-order valence-corrected chi connectivity index (χ2v) is 4.94. The average molecular weight is 208 g/mol. The van der Waals surface area contributed by atoms with Gasteiger partial charge < -0.3 is 9.52 Å². The predicted molar refractivity (Wildman–Crippen MR) is 55.8 cm³/mol. The van der Waals surface area contributed by atoms with Gasteiger partial charge in [0.25, 0.3) is 0 Å². The van der Waals surface area contributed by atoms with Crippen LogP contribution in [0.25, 0.3) is 0 Å². The fraction of sp³-hybridized carbons (Fsp3) is 0.583. The zero-order chi connectivity index (χ0) is 11.1. The summed E-state index contributed by atoms with van der Waals surface area (Å²) in [4.78, 5) is 10.9. The molecule has 1 atom stereocenters. The Morgan fingerprint density at radius 3 is 3.07 bits per heavy atom. The quantitative estimate of drug-likeness (QED) is 0.813. The van der Waals surface area contributed by atoms with Crippen molar-refractivity contribution in [1.29, 1.82) is 0 Å². The highest BCUT2D eigenvalue weighted by Crippen LogP contribution is 2.47. The number of hydrogen-bond acceptors (Lipinski definition) is 2. The Morgan fingerprint density at radius 1 is 1.67 bits per heavy atom. The molecule has 82 valence electrons. The van der Waals surface area contributed by atoms with Gasteiger partial charge in [0, 0.05) is 12.3 Å². The Kier molecular flexibility index (Phi) is 2.33. The predicted octanol–water partition coefficient (Wildman–Crippen LogP) is 2.81. The van der Waals surface area contributed by atoms with Gasteiger partial charge in [0.2, 0.25) is 0 Å². The first-order chi connectivity index (χ1) is 7.00. The molecule has 3 nitrogen and oxygen atoms in total. The maximum Gasteiger partial charge on any atom is 0.303 e. The summed E-state index contributed by atoms with van der Waals surface area (Å²) in [6.07, 6.45) is 3.78. The summed E-state index contributed by atoms with van der Waals surface area (Å²) in [5.74, 6) is 0.320. The summed E-state index contributed by atoms with van der Waals surface area (Å²) >= 11 is 0. The van der Waals surface area contributed by atoms with Crippen LogP contribution in [0.1, 0.15) is 43.9 Å². The van der Waals surface area contributed by atoms with Crippen molar-refractivity contribution in [3.63, 3.8) is 0 Å². The standard InChI is InChI=1S/C12H16O3/c1-12(2)5-3-10-8(4-6-15-10)9(12)7-11(13)14/h4,6,9H,3,5,7H2,1-2H3,(H,13,14). The number of carboxylic acids is 1. The van der Waals surface area contributed by atoms with E-state index in [1.165, 1.54) is 0 Å². The summed E-state index contributed by atoms with van der Waals surface area (Å²) in [6.45, 7) is 4.27. The number of hydrogen-bond donors (Lipinski definition) is 1. The van der Waals surface area contributed by atoms with Crippen molar-refractivity contribution in [1.82, 2.24) is 0 Å². The van der Waals surface area contributed by atoms with Crippen LogP contribution >= 0.6 is 0 Å². The summed E-state index contributed by atoms with van der Waals surface area (Å²) in [7, 11) is 0. The third-order valence-corrected chi connectivity index (χ3v) is 3.47. The SMILES string of the molecule is CC1(C)CCc2occc2C1CC(=O)O. The number of rotatable bonds is 2. The van der Waals surface area contributed by atoms with Crippen LogP contribution in [0.4, 0.5) is 0 Å². The van der Waals surface area contributed by atoms with Crippen LogP contribution in [0, 0.1) is 5.41 Å². The van der Waals surface area contributed by atoms with Gasteiger partial charge in [-0.1, -0.05) is 13.8 Å². The Bertz CT molecular complexity index is 376. The van der Waals surface area contributed by atoms with Crippen molar-refractivity contribution in [3.05, 3.63) is 23.7 Å². The second-order valence-electron chi connectivity index (χ2n) is 4.94. The molecule has 1 aliphatic rings. The first-order valence-corrected chi connectivity index (χ1v) is 5.29. The molecule has 0 radical (unpaired) electrons. The zero-order valence-electron chi connectivity index (χ0n) is 9.12. The van der Waals surface area contributed by atoms with E-state index in [-0.39, 0.29) is 17.8 Å². The van der Waals surface area contributed by atoms with E-state index in [4.69, 9.17) is 9.52 Å². The molecule has 1 heterocycles. The molecular formula is C12H16O3. The Balaban J connectivity index is 2.35. The lowest BCUT2D eigenvalue weighted by Crippen LogP contribution is -2.29. The van der Waals surface area contributed by atoms with Gasteiger partial charge >= 0.3 is 5.97 Å². The van der Waals surface area contributed by atoms with Gasteiger partial charge in [-0.2, -0.15) is 0 Å². The van der Waals surface area contributed by atoms with Crippen molar-refractivity contribution >= 4 is 5.97 Å². The van der Waals surface area contributed by atoms with Crippen molar-refractivity contribution in [3.8, 4) is 0 Å². The molecule has 0 fully saturated rings. The molecule has 15 heavy (non-hydrogen) atoms. The maximum absolute atomic E-state index is 10.9. The molecular weight excluding hydrogens is 192 g/mol. The van der Waals surface area contributed by atoms with Gasteiger partial charge in [0.05, 0.1) is 12.7 Å². The van der Waals surface area contributed by atoms with E-state index in [2.05, 4.69) is 13.8 Å². The lowest BCUT2D eigenvalue weighted by Gasteiger charge is -2.37. The summed E-state index contributed by atoms with van der Waals surface area (Å²) < 4.78 is 5.37. The molecule has 0 aromatic carbocycles. The molecule has 1 aromatic heterocycles. The van der Waals surface area contributed by atoms with Crippen LogP contribution in [0.15, 0.2) is 16.7 Å². The van der Waals surface area contributed by atoms with Crippen LogP contribution in [0.2, 0.25) is 0 Å². The van der Waals surface area contributed by atoms with Gasteiger partial charge in [-0.25, -0.2) is 0 Å². The largest absolute Gasteiger partial charge is 0.481 e. The van der Waals surface area contributed by atoms with E-state index in [0.29, 0.717) is 0 Å². The lowest BCUT2D eigenvalue weighted by molar-refractivity contribution is -0.138.